The molecule has 1 aromatic carbocycles. The quantitative estimate of drug-likeness (QED) is 0.241. The third-order valence-corrected chi connectivity index (χ3v) is 6.88. The van der Waals surface area contributed by atoms with Crippen LogP contribution >= 0.6 is 0 Å². The number of hydrogen-bond acceptors (Lipinski definition) is 2. The van der Waals surface area contributed by atoms with Gasteiger partial charge in [-0.3, -0.25) is 0 Å². The van der Waals surface area contributed by atoms with Crippen molar-refractivity contribution < 1.29 is 20.4 Å². The standard InChI is InChI=1S/C30H26N4.Pd/c1-17-18(2)29-20(4)30-19(3)28(21-8-6-5-7-9-21)27(34-30)16-25-13-11-23(32-25)14-22-10-12-24(31-22)15-26(17)33-29;/h5-16,31-32H,1-4H3;. The first-order valence-electron chi connectivity index (χ1n) is 11.6. The Morgan fingerprint density at radius 1 is 0.543 bits per heavy atom. The molecule has 6 rings (SSSR count). The summed E-state index contributed by atoms with van der Waals surface area (Å²) in [6.07, 6.45) is 0. The maximum atomic E-state index is 5.17. The number of fused-ring (bicyclic) bond motifs is 8. The molecule has 2 N–H and O–H groups in total. The summed E-state index contributed by atoms with van der Waals surface area (Å²) < 4.78 is 0. The van der Waals surface area contributed by atoms with Crippen LogP contribution in [0.4, 0.5) is 0 Å². The summed E-state index contributed by atoms with van der Waals surface area (Å²) in [6.45, 7) is 8.62. The average molecular weight is 549 g/mol. The second kappa shape index (κ2) is 8.93. The fourth-order valence-electron chi connectivity index (χ4n) is 4.94. The van der Waals surface area contributed by atoms with E-state index in [2.05, 4.69) is 110 Å². The zero-order valence-corrected chi connectivity index (χ0v) is 21.7. The molecule has 0 amide bonds. The first-order valence-corrected chi connectivity index (χ1v) is 11.6. The Morgan fingerprint density at radius 3 is 1.69 bits per heavy atom. The Morgan fingerprint density at radius 2 is 1.06 bits per heavy atom. The van der Waals surface area contributed by atoms with Gasteiger partial charge in [-0.05, 0) is 92.4 Å². The number of nitrogens with one attached hydrogen (secondary N) is 2. The molecule has 176 valence electrons. The van der Waals surface area contributed by atoms with Gasteiger partial charge in [0.1, 0.15) is 0 Å². The minimum atomic E-state index is 0. The minimum Gasteiger partial charge on any atom is -0.355 e. The van der Waals surface area contributed by atoms with Crippen LogP contribution in [0.15, 0.2) is 72.8 Å². The molecule has 0 fully saturated rings. The smallest absolute Gasteiger partial charge is 0.0739 e. The molecular weight excluding hydrogens is 523 g/mol. The van der Waals surface area contributed by atoms with E-state index in [1.54, 1.807) is 0 Å². The summed E-state index contributed by atoms with van der Waals surface area (Å²) in [5.74, 6) is 0. The normalized spacial score (nSPS) is 13.3. The van der Waals surface area contributed by atoms with Crippen molar-refractivity contribution >= 4 is 44.4 Å². The molecule has 4 nitrogen and oxygen atoms in total. The van der Waals surface area contributed by atoms with E-state index < -0.39 is 0 Å². The number of rotatable bonds is 1. The fourth-order valence-corrected chi connectivity index (χ4v) is 4.94. The van der Waals surface area contributed by atoms with Crippen molar-refractivity contribution in [2.24, 2.45) is 0 Å². The SMILES string of the molecule is CC1=C(C)c2nc1cc1ccc(cc3ccc(cc4nc(c2C)C(C)=C4c2ccccc2)[nH]3)[nH]1.[Pd]. The van der Waals surface area contributed by atoms with Gasteiger partial charge in [-0.1, -0.05) is 30.3 Å². The molecule has 8 bridgehead atoms. The molecule has 0 unspecified atom stereocenters. The van der Waals surface area contributed by atoms with Gasteiger partial charge in [-0.15, -0.1) is 0 Å². The Labute approximate surface area is 218 Å². The van der Waals surface area contributed by atoms with E-state index in [0.717, 1.165) is 50.4 Å². The van der Waals surface area contributed by atoms with Crippen molar-refractivity contribution in [2.75, 3.05) is 0 Å². The molecule has 0 spiro atoms. The predicted octanol–water partition coefficient (Wildman–Crippen LogP) is 7.55. The van der Waals surface area contributed by atoms with Crippen LogP contribution in [0.1, 0.15) is 54.7 Å². The van der Waals surface area contributed by atoms with Gasteiger partial charge in [-0.25, -0.2) is 9.97 Å². The van der Waals surface area contributed by atoms with Crippen molar-refractivity contribution in [1.82, 2.24) is 19.9 Å². The monoisotopic (exact) mass is 548 g/mol. The molecule has 5 heterocycles. The van der Waals surface area contributed by atoms with Crippen LogP contribution in [-0.4, -0.2) is 19.9 Å². The maximum absolute atomic E-state index is 5.17. The number of aromatic amines is 2. The van der Waals surface area contributed by atoms with Crippen LogP contribution in [0.25, 0.3) is 44.4 Å². The molecule has 5 heteroatoms. The molecule has 0 saturated carbocycles. The van der Waals surface area contributed by atoms with E-state index in [1.807, 2.05) is 0 Å². The van der Waals surface area contributed by atoms with E-state index in [4.69, 9.17) is 9.97 Å². The van der Waals surface area contributed by atoms with Gasteiger partial charge in [0.2, 0.25) is 0 Å². The maximum Gasteiger partial charge on any atom is 0.0739 e. The molecule has 3 aromatic heterocycles. The molecular formula is C30H26N4Pd. The molecule has 0 radical (unpaired) electrons. The fraction of sp³-hybridized carbons (Fsp3) is 0.133. The molecule has 2 aliphatic rings. The Kier molecular flexibility index (Phi) is 5.93. The Hall–Kier alpha value is -3.52. The van der Waals surface area contributed by atoms with Crippen molar-refractivity contribution in [3.8, 4) is 0 Å². The number of hydrogen-bond donors (Lipinski definition) is 2. The van der Waals surface area contributed by atoms with Gasteiger partial charge in [0.25, 0.3) is 0 Å². The molecule has 0 saturated heterocycles. The van der Waals surface area contributed by atoms with Gasteiger partial charge >= 0.3 is 0 Å². The second-order valence-corrected chi connectivity index (χ2v) is 9.10. The summed E-state index contributed by atoms with van der Waals surface area (Å²) in [7, 11) is 0. The zero-order valence-electron chi connectivity index (χ0n) is 20.1. The summed E-state index contributed by atoms with van der Waals surface area (Å²) in [5.41, 5.74) is 15.2. The third-order valence-electron chi connectivity index (χ3n) is 6.88. The average Bonchev–Trinajstić information content (AvgIpc) is 3.59. The molecule has 35 heavy (non-hydrogen) atoms. The van der Waals surface area contributed by atoms with Gasteiger partial charge < -0.3 is 9.97 Å². The van der Waals surface area contributed by atoms with Crippen LogP contribution < -0.4 is 0 Å². The van der Waals surface area contributed by atoms with Crippen LogP contribution in [0.2, 0.25) is 0 Å². The van der Waals surface area contributed by atoms with E-state index in [0.29, 0.717) is 0 Å². The van der Waals surface area contributed by atoms with Crippen LogP contribution in [0.3, 0.4) is 0 Å². The molecule has 0 aliphatic carbocycles. The summed E-state index contributed by atoms with van der Waals surface area (Å²) >= 11 is 0. The van der Waals surface area contributed by atoms with Crippen LogP contribution in [-0.2, 0) is 20.4 Å². The van der Waals surface area contributed by atoms with E-state index in [-0.39, 0.29) is 20.4 Å². The molecule has 0 atom stereocenters. The summed E-state index contributed by atoms with van der Waals surface area (Å²) in [4.78, 5) is 17.2. The largest absolute Gasteiger partial charge is 0.355 e. The summed E-state index contributed by atoms with van der Waals surface area (Å²) in [5, 5.41) is 0. The van der Waals surface area contributed by atoms with Crippen molar-refractivity contribution in [3.05, 3.63) is 107 Å². The summed E-state index contributed by atoms with van der Waals surface area (Å²) in [6, 6.07) is 25.3. The van der Waals surface area contributed by atoms with Crippen molar-refractivity contribution in [1.29, 1.82) is 0 Å². The van der Waals surface area contributed by atoms with Gasteiger partial charge in [0.15, 0.2) is 0 Å². The first-order chi connectivity index (χ1) is 16.5. The van der Waals surface area contributed by atoms with Crippen LogP contribution in [0.5, 0.6) is 0 Å². The van der Waals surface area contributed by atoms with Crippen molar-refractivity contribution in [3.63, 3.8) is 0 Å². The first kappa shape index (κ1) is 23.2. The van der Waals surface area contributed by atoms with Gasteiger partial charge in [-0.2, -0.15) is 0 Å². The second-order valence-electron chi connectivity index (χ2n) is 9.10. The van der Waals surface area contributed by atoms with E-state index >= 15 is 0 Å². The minimum absolute atomic E-state index is 0. The number of allylic oxidation sites excluding steroid dienone is 3. The Balaban J connectivity index is 0.00000253. The number of H-pyrrole nitrogens is 2. The van der Waals surface area contributed by atoms with Crippen LogP contribution in [0, 0.1) is 6.92 Å². The van der Waals surface area contributed by atoms with E-state index in [1.165, 1.54) is 27.9 Å². The number of aromatic nitrogens is 4. The Bertz CT molecular complexity index is 1680. The number of benzene rings is 1. The molecule has 4 aromatic rings. The van der Waals surface area contributed by atoms with E-state index in [9.17, 15) is 0 Å². The van der Waals surface area contributed by atoms with Crippen molar-refractivity contribution in [2.45, 2.75) is 27.7 Å². The third kappa shape index (κ3) is 4.01. The van der Waals surface area contributed by atoms with Gasteiger partial charge in [0.05, 0.1) is 22.8 Å². The van der Waals surface area contributed by atoms with Gasteiger partial charge in [0, 0.05) is 53.6 Å². The zero-order chi connectivity index (χ0) is 23.4. The predicted molar refractivity (Wildman–Crippen MR) is 142 cm³/mol. The molecule has 2 aliphatic heterocycles. The topological polar surface area (TPSA) is 57.4 Å². The number of nitrogens with zero attached hydrogens (tertiary/aromatic N) is 2.